The summed E-state index contributed by atoms with van der Waals surface area (Å²) < 4.78 is 6.89. The molecule has 0 radical (unpaired) electrons. The molecule has 0 amide bonds. The van der Waals surface area contributed by atoms with Crippen LogP contribution < -0.4 is 9.74 Å². The van der Waals surface area contributed by atoms with Crippen molar-refractivity contribution in [3.8, 4) is 0 Å². The van der Waals surface area contributed by atoms with Gasteiger partial charge >= 0.3 is 5.97 Å². The fourth-order valence-corrected chi connectivity index (χ4v) is 2.91. The number of anilines is 1. The molecule has 0 bridgehead atoms. The summed E-state index contributed by atoms with van der Waals surface area (Å²) in [7, 11) is 0. The highest BCUT2D eigenvalue weighted by molar-refractivity contribution is 5.96. The molecule has 1 aliphatic rings. The number of aromatic nitrogens is 7. The lowest BCUT2D eigenvalue weighted by atomic mass is 10.3. The predicted octanol–water partition coefficient (Wildman–Crippen LogP) is -0.0254. The Morgan fingerprint density at radius 2 is 2.07 bits per heavy atom. The zero-order valence-electron chi connectivity index (χ0n) is 14.1. The van der Waals surface area contributed by atoms with E-state index in [2.05, 4.69) is 30.3 Å². The molecule has 0 atom stereocenters. The third kappa shape index (κ3) is 2.73. The fourth-order valence-electron chi connectivity index (χ4n) is 2.91. The Labute approximate surface area is 152 Å². The maximum Gasteiger partial charge on any atom is 0.371 e. The average molecular weight is 366 g/mol. The van der Waals surface area contributed by atoms with Gasteiger partial charge in [0.2, 0.25) is 5.65 Å². The van der Waals surface area contributed by atoms with Crippen molar-refractivity contribution in [3.05, 3.63) is 42.4 Å². The van der Waals surface area contributed by atoms with E-state index in [1.165, 1.54) is 10.7 Å². The van der Waals surface area contributed by atoms with Gasteiger partial charge < -0.3 is 14.5 Å². The number of morpholine rings is 1. The number of carbonyl (C=O) groups is 1. The van der Waals surface area contributed by atoms with Crippen LogP contribution in [0.25, 0.3) is 16.8 Å². The van der Waals surface area contributed by atoms with Crippen LogP contribution in [-0.4, -0.2) is 67.0 Å². The minimum absolute atomic E-state index is 0.227. The van der Waals surface area contributed by atoms with Crippen LogP contribution in [0, 0.1) is 0 Å². The first-order valence-corrected chi connectivity index (χ1v) is 8.36. The van der Waals surface area contributed by atoms with Crippen LogP contribution in [0.5, 0.6) is 0 Å². The molecule has 0 aliphatic carbocycles. The van der Waals surface area contributed by atoms with Gasteiger partial charge in [0.15, 0.2) is 5.65 Å². The molecular weight excluding hydrogens is 352 g/mol. The highest BCUT2D eigenvalue weighted by atomic mass is 16.7. The smallest absolute Gasteiger partial charge is 0.371 e. The first kappa shape index (κ1) is 15.6. The molecule has 0 spiro atoms. The number of hydrogen-bond donors (Lipinski definition) is 0. The predicted molar refractivity (Wildman–Crippen MR) is 92.3 cm³/mol. The Balaban J connectivity index is 1.47. The molecule has 27 heavy (non-hydrogen) atoms. The van der Waals surface area contributed by atoms with Gasteiger partial charge in [-0.15, -0.1) is 5.10 Å². The molecule has 0 aromatic carbocycles. The van der Waals surface area contributed by atoms with E-state index in [-0.39, 0.29) is 5.56 Å². The fraction of sp³-hybridized carbons (Fsp3) is 0.250. The standard InChI is InChI=1S/C16H14N8O3/c25-16(27-24-15-12(20-21-24)2-1-4-17-15)11-10-18-23-5-3-13(19-14(11)23)22-6-8-26-9-7-22/h1-5,10H,6-9H2. The van der Waals surface area contributed by atoms with Crippen molar-refractivity contribution < 1.29 is 14.4 Å². The SMILES string of the molecule is O=C(On1nnc2cccnc21)c1cnn2ccc(N3CCOCC3)nc12. The van der Waals surface area contributed by atoms with Gasteiger partial charge in [0.1, 0.15) is 16.9 Å². The first-order chi connectivity index (χ1) is 13.3. The minimum Gasteiger partial charge on any atom is -0.378 e. The van der Waals surface area contributed by atoms with E-state index in [1.54, 1.807) is 24.5 Å². The molecule has 5 heterocycles. The largest absolute Gasteiger partial charge is 0.378 e. The highest BCUT2D eigenvalue weighted by Crippen LogP contribution is 2.17. The Hall–Kier alpha value is -3.60. The van der Waals surface area contributed by atoms with E-state index >= 15 is 0 Å². The van der Waals surface area contributed by atoms with E-state index in [9.17, 15) is 4.79 Å². The summed E-state index contributed by atoms with van der Waals surface area (Å²) in [5, 5.41) is 11.9. The molecule has 0 saturated carbocycles. The Bertz CT molecular complexity index is 1130. The van der Waals surface area contributed by atoms with E-state index in [0.717, 1.165) is 23.8 Å². The second-order valence-electron chi connectivity index (χ2n) is 5.90. The van der Waals surface area contributed by atoms with Gasteiger partial charge in [-0.3, -0.25) is 0 Å². The van der Waals surface area contributed by atoms with E-state index in [4.69, 9.17) is 9.57 Å². The van der Waals surface area contributed by atoms with Crippen molar-refractivity contribution in [2.45, 2.75) is 0 Å². The topological polar surface area (TPSA) is 113 Å². The van der Waals surface area contributed by atoms with Crippen LogP contribution in [0.1, 0.15) is 10.4 Å². The van der Waals surface area contributed by atoms with E-state index in [0.29, 0.717) is 30.0 Å². The lowest BCUT2D eigenvalue weighted by molar-refractivity contribution is 0.0407. The summed E-state index contributed by atoms with van der Waals surface area (Å²) in [6.45, 7) is 2.78. The second-order valence-corrected chi connectivity index (χ2v) is 5.90. The molecule has 136 valence electrons. The molecule has 5 rings (SSSR count). The van der Waals surface area contributed by atoms with Gasteiger partial charge in [-0.2, -0.15) is 5.10 Å². The summed E-state index contributed by atoms with van der Waals surface area (Å²) in [4.78, 5) is 29.8. The molecular formula is C16H14N8O3. The number of carbonyl (C=O) groups excluding carboxylic acids is 1. The third-order valence-corrected chi connectivity index (χ3v) is 4.26. The number of pyridine rings is 1. The second kappa shape index (κ2) is 6.29. The number of hydrogen-bond acceptors (Lipinski definition) is 9. The zero-order chi connectivity index (χ0) is 18.2. The third-order valence-electron chi connectivity index (χ3n) is 4.26. The summed E-state index contributed by atoms with van der Waals surface area (Å²) in [5.41, 5.74) is 1.51. The van der Waals surface area contributed by atoms with Crippen molar-refractivity contribution in [2.24, 2.45) is 0 Å². The van der Waals surface area contributed by atoms with Crippen LogP contribution in [0.3, 0.4) is 0 Å². The quantitative estimate of drug-likeness (QED) is 0.461. The van der Waals surface area contributed by atoms with Crippen molar-refractivity contribution in [3.63, 3.8) is 0 Å². The van der Waals surface area contributed by atoms with Crippen LogP contribution in [0.15, 0.2) is 36.8 Å². The number of ether oxygens (including phenoxy) is 1. The van der Waals surface area contributed by atoms with Gasteiger partial charge in [-0.1, -0.05) is 0 Å². The van der Waals surface area contributed by atoms with E-state index in [1.807, 2.05) is 6.07 Å². The van der Waals surface area contributed by atoms with Crippen molar-refractivity contribution in [1.29, 1.82) is 0 Å². The molecule has 11 heteroatoms. The van der Waals surface area contributed by atoms with Crippen molar-refractivity contribution >= 4 is 28.6 Å². The maximum atomic E-state index is 12.7. The molecule has 4 aromatic rings. The summed E-state index contributed by atoms with van der Waals surface area (Å²) in [6.07, 6.45) is 4.75. The molecule has 0 unspecified atom stereocenters. The normalized spacial score (nSPS) is 14.7. The Morgan fingerprint density at radius 3 is 2.96 bits per heavy atom. The van der Waals surface area contributed by atoms with Gasteiger partial charge in [-0.25, -0.2) is 19.3 Å². The first-order valence-electron chi connectivity index (χ1n) is 8.36. The zero-order valence-corrected chi connectivity index (χ0v) is 14.1. The van der Waals surface area contributed by atoms with Crippen LogP contribution >= 0.6 is 0 Å². The molecule has 1 saturated heterocycles. The van der Waals surface area contributed by atoms with Gasteiger partial charge in [0, 0.05) is 25.5 Å². The molecule has 4 aromatic heterocycles. The lowest BCUT2D eigenvalue weighted by Gasteiger charge is -2.27. The van der Waals surface area contributed by atoms with Gasteiger partial charge in [0.25, 0.3) is 0 Å². The van der Waals surface area contributed by atoms with Gasteiger partial charge in [-0.05, 0) is 28.3 Å². The number of rotatable bonds is 3. The van der Waals surface area contributed by atoms with Crippen molar-refractivity contribution in [1.82, 2.24) is 34.7 Å². The average Bonchev–Trinajstić information content (AvgIpc) is 3.32. The van der Waals surface area contributed by atoms with Crippen molar-refractivity contribution in [2.75, 3.05) is 31.2 Å². The van der Waals surface area contributed by atoms with Crippen LogP contribution in [0.2, 0.25) is 0 Å². The molecule has 1 fully saturated rings. The summed E-state index contributed by atoms with van der Waals surface area (Å²) in [5.74, 6) is 0.113. The molecule has 1 aliphatic heterocycles. The van der Waals surface area contributed by atoms with Crippen LogP contribution in [0.4, 0.5) is 5.82 Å². The lowest BCUT2D eigenvalue weighted by Crippen LogP contribution is -2.36. The summed E-state index contributed by atoms with van der Waals surface area (Å²) in [6, 6.07) is 5.31. The van der Waals surface area contributed by atoms with Gasteiger partial charge in [0.05, 0.1) is 19.4 Å². The summed E-state index contributed by atoms with van der Waals surface area (Å²) >= 11 is 0. The van der Waals surface area contributed by atoms with E-state index < -0.39 is 5.97 Å². The highest BCUT2D eigenvalue weighted by Gasteiger charge is 2.20. The molecule has 11 nitrogen and oxygen atoms in total. The Kier molecular flexibility index (Phi) is 3.64. The maximum absolute atomic E-state index is 12.7. The Morgan fingerprint density at radius 1 is 1.19 bits per heavy atom. The monoisotopic (exact) mass is 366 g/mol. The minimum atomic E-state index is -0.644. The number of nitrogens with zero attached hydrogens (tertiary/aromatic N) is 8. The molecule has 0 N–H and O–H groups in total. The number of fused-ring (bicyclic) bond motifs is 2. The van der Waals surface area contributed by atoms with Crippen LogP contribution in [-0.2, 0) is 4.74 Å².